The molecule has 2 aromatic carbocycles. The van der Waals surface area contributed by atoms with E-state index in [-0.39, 0.29) is 18.1 Å². The molecule has 0 radical (unpaired) electrons. The van der Waals surface area contributed by atoms with Gasteiger partial charge in [-0.1, -0.05) is 29.8 Å². The molecule has 0 fully saturated rings. The van der Waals surface area contributed by atoms with Crippen LogP contribution in [0.15, 0.2) is 42.5 Å². The molecule has 0 heterocycles. The second kappa shape index (κ2) is 11.3. The van der Waals surface area contributed by atoms with Crippen LogP contribution < -0.4 is 14.4 Å². The molecule has 0 spiro atoms. The predicted molar refractivity (Wildman–Crippen MR) is 139 cm³/mol. The number of nitrogens with zero attached hydrogens (tertiary/aromatic N) is 2. The summed E-state index contributed by atoms with van der Waals surface area (Å²) in [5.41, 5.74) is 1.25. The van der Waals surface area contributed by atoms with Crippen molar-refractivity contribution in [1.29, 1.82) is 0 Å². The monoisotopic (exact) mass is 523 g/mol. The Morgan fingerprint density at radius 2 is 1.80 bits per heavy atom. The van der Waals surface area contributed by atoms with Gasteiger partial charge in [-0.05, 0) is 70.0 Å². The molecule has 10 heteroatoms. The molecular weight excluding hydrogens is 490 g/mol. The van der Waals surface area contributed by atoms with Crippen LogP contribution in [0.5, 0.6) is 5.75 Å². The molecule has 0 aliphatic heterocycles. The van der Waals surface area contributed by atoms with Crippen molar-refractivity contribution in [1.82, 2.24) is 10.2 Å². The van der Waals surface area contributed by atoms with Gasteiger partial charge < -0.3 is 15.0 Å². The number of amides is 2. The van der Waals surface area contributed by atoms with Gasteiger partial charge in [-0.2, -0.15) is 0 Å². The highest BCUT2D eigenvalue weighted by molar-refractivity contribution is 7.92. The van der Waals surface area contributed by atoms with Gasteiger partial charge in [0.15, 0.2) is 0 Å². The molecule has 35 heavy (non-hydrogen) atoms. The zero-order valence-electron chi connectivity index (χ0n) is 21.3. The van der Waals surface area contributed by atoms with E-state index in [2.05, 4.69) is 5.32 Å². The van der Waals surface area contributed by atoms with E-state index in [0.717, 1.165) is 16.1 Å². The average molecular weight is 524 g/mol. The fourth-order valence-electron chi connectivity index (χ4n) is 3.48. The number of sulfonamides is 1. The Labute approximate surface area is 213 Å². The summed E-state index contributed by atoms with van der Waals surface area (Å²) in [5, 5.41) is 3.37. The topological polar surface area (TPSA) is 96.0 Å². The smallest absolute Gasteiger partial charge is 0.244 e. The summed E-state index contributed by atoms with van der Waals surface area (Å²) in [7, 11) is -2.43. The minimum atomic E-state index is -3.87. The molecule has 0 aromatic heterocycles. The molecule has 2 rings (SSSR count). The number of hydrogen-bond acceptors (Lipinski definition) is 5. The number of rotatable bonds is 9. The SMILES string of the molecule is COc1ccc(C)cc1N(CC(=O)N(Cc1cccc(Cl)c1)[C@H](C)C(=O)NC(C)(C)C)S(C)(=O)=O. The Bertz CT molecular complexity index is 1180. The van der Waals surface area contributed by atoms with E-state index >= 15 is 0 Å². The molecule has 1 N–H and O–H groups in total. The van der Waals surface area contributed by atoms with E-state index in [1.165, 1.54) is 12.0 Å². The van der Waals surface area contributed by atoms with Crippen molar-refractivity contribution in [3.8, 4) is 5.75 Å². The number of carbonyl (C=O) groups is 2. The van der Waals surface area contributed by atoms with Crippen LogP contribution in [0.4, 0.5) is 5.69 Å². The fourth-order valence-corrected chi connectivity index (χ4v) is 4.54. The van der Waals surface area contributed by atoms with E-state index < -0.39 is 34.1 Å². The van der Waals surface area contributed by atoms with Gasteiger partial charge in [0, 0.05) is 17.1 Å². The molecule has 0 aliphatic rings. The first-order valence-electron chi connectivity index (χ1n) is 11.1. The predicted octanol–water partition coefficient (Wildman–Crippen LogP) is 3.76. The van der Waals surface area contributed by atoms with Crippen molar-refractivity contribution in [2.24, 2.45) is 0 Å². The first-order valence-corrected chi connectivity index (χ1v) is 13.3. The summed E-state index contributed by atoms with van der Waals surface area (Å²) < 4.78 is 31.9. The Hall–Kier alpha value is -2.78. The normalized spacial score (nSPS) is 12.6. The largest absolute Gasteiger partial charge is 0.495 e. The lowest BCUT2D eigenvalue weighted by molar-refractivity contribution is -0.140. The quantitative estimate of drug-likeness (QED) is 0.540. The number of carbonyl (C=O) groups excluding carboxylic acids is 2. The molecule has 1 atom stereocenters. The number of hydrogen-bond donors (Lipinski definition) is 1. The maximum Gasteiger partial charge on any atom is 0.244 e. The third-order valence-corrected chi connectivity index (χ3v) is 6.55. The van der Waals surface area contributed by atoms with Gasteiger partial charge in [0.1, 0.15) is 18.3 Å². The third kappa shape index (κ3) is 8.14. The lowest BCUT2D eigenvalue weighted by atomic mass is 10.1. The minimum Gasteiger partial charge on any atom is -0.495 e. The van der Waals surface area contributed by atoms with Crippen LogP contribution in [0.2, 0.25) is 5.02 Å². The summed E-state index contributed by atoms with van der Waals surface area (Å²) in [5.74, 6) is -0.587. The van der Waals surface area contributed by atoms with Crippen molar-refractivity contribution >= 4 is 39.1 Å². The van der Waals surface area contributed by atoms with E-state index in [1.54, 1.807) is 49.4 Å². The lowest BCUT2D eigenvalue weighted by Gasteiger charge is -2.33. The third-order valence-electron chi connectivity index (χ3n) is 5.19. The van der Waals surface area contributed by atoms with Crippen LogP contribution in [0.25, 0.3) is 0 Å². The van der Waals surface area contributed by atoms with Gasteiger partial charge in [-0.15, -0.1) is 0 Å². The maximum absolute atomic E-state index is 13.6. The Balaban J connectivity index is 2.48. The number of methoxy groups -OCH3 is 1. The van der Waals surface area contributed by atoms with Gasteiger partial charge in [-0.25, -0.2) is 8.42 Å². The molecule has 2 amide bonds. The highest BCUT2D eigenvalue weighted by Crippen LogP contribution is 2.31. The van der Waals surface area contributed by atoms with Crippen molar-refractivity contribution in [3.63, 3.8) is 0 Å². The van der Waals surface area contributed by atoms with Gasteiger partial charge >= 0.3 is 0 Å². The summed E-state index contributed by atoms with van der Waals surface area (Å²) >= 11 is 6.13. The number of ether oxygens (including phenoxy) is 1. The van der Waals surface area contributed by atoms with Crippen LogP contribution in [0.1, 0.15) is 38.8 Å². The summed E-state index contributed by atoms with van der Waals surface area (Å²) in [4.78, 5) is 28.0. The van der Waals surface area contributed by atoms with Crippen LogP contribution in [-0.4, -0.2) is 56.6 Å². The van der Waals surface area contributed by atoms with Gasteiger partial charge in [0.2, 0.25) is 21.8 Å². The van der Waals surface area contributed by atoms with E-state index in [4.69, 9.17) is 16.3 Å². The van der Waals surface area contributed by atoms with Crippen LogP contribution in [0.3, 0.4) is 0 Å². The molecule has 0 saturated carbocycles. The van der Waals surface area contributed by atoms with E-state index in [9.17, 15) is 18.0 Å². The Morgan fingerprint density at radius 1 is 1.14 bits per heavy atom. The second-order valence-corrected chi connectivity index (χ2v) is 11.9. The highest BCUT2D eigenvalue weighted by Gasteiger charge is 2.32. The van der Waals surface area contributed by atoms with E-state index in [1.807, 2.05) is 27.7 Å². The standard InChI is InChI=1S/C25H34ClN3O5S/c1-17-11-12-22(34-6)21(13-17)29(35(7,32)33)16-23(30)28(15-19-9-8-10-20(26)14-19)18(2)24(31)27-25(3,4)5/h8-14,18H,15-16H2,1-7H3,(H,27,31)/t18-/m1/s1. The zero-order chi connectivity index (χ0) is 26.6. The molecule has 0 unspecified atom stereocenters. The number of halogens is 1. The fraction of sp³-hybridized carbons (Fsp3) is 0.440. The first kappa shape index (κ1) is 28.5. The van der Waals surface area contributed by atoms with Crippen LogP contribution in [0, 0.1) is 6.92 Å². The van der Waals surface area contributed by atoms with Gasteiger partial charge in [-0.3, -0.25) is 13.9 Å². The summed E-state index contributed by atoms with van der Waals surface area (Å²) in [6, 6.07) is 11.2. The summed E-state index contributed by atoms with van der Waals surface area (Å²) in [6.45, 7) is 8.52. The molecule has 8 nitrogen and oxygen atoms in total. The number of benzene rings is 2. The first-order chi connectivity index (χ1) is 16.1. The number of nitrogens with one attached hydrogen (secondary N) is 1. The van der Waals surface area contributed by atoms with Crippen molar-refractivity contribution in [2.75, 3.05) is 24.2 Å². The molecule has 0 saturated heterocycles. The van der Waals surface area contributed by atoms with Crippen molar-refractivity contribution < 1.29 is 22.7 Å². The van der Waals surface area contributed by atoms with Crippen LogP contribution >= 0.6 is 11.6 Å². The Morgan fingerprint density at radius 3 is 2.34 bits per heavy atom. The lowest BCUT2D eigenvalue weighted by Crippen LogP contribution is -2.54. The van der Waals surface area contributed by atoms with Crippen molar-refractivity contribution in [2.45, 2.75) is 52.7 Å². The summed E-state index contributed by atoms with van der Waals surface area (Å²) in [6.07, 6.45) is 1.03. The zero-order valence-corrected chi connectivity index (χ0v) is 22.8. The molecular formula is C25H34ClN3O5S. The number of anilines is 1. The molecule has 192 valence electrons. The number of aryl methyl sites for hydroxylation is 1. The average Bonchev–Trinajstić information content (AvgIpc) is 2.73. The molecule has 0 bridgehead atoms. The molecule has 0 aliphatic carbocycles. The molecule has 2 aromatic rings. The van der Waals surface area contributed by atoms with Crippen molar-refractivity contribution in [3.05, 3.63) is 58.6 Å². The van der Waals surface area contributed by atoms with Gasteiger partial charge in [0.05, 0.1) is 19.1 Å². The minimum absolute atomic E-state index is 0.0701. The van der Waals surface area contributed by atoms with Gasteiger partial charge in [0.25, 0.3) is 0 Å². The van der Waals surface area contributed by atoms with Crippen LogP contribution in [-0.2, 0) is 26.2 Å². The van der Waals surface area contributed by atoms with E-state index in [0.29, 0.717) is 16.3 Å². The Kier molecular flexibility index (Phi) is 9.19. The highest BCUT2D eigenvalue weighted by atomic mass is 35.5. The maximum atomic E-state index is 13.6. The second-order valence-electron chi connectivity index (χ2n) is 9.51.